The van der Waals surface area contributed by atoms with Crippen LogP contribution in [0.4, 0.5) is 10.1 Å². The van der Waals surface area contributed by atoms with E-state index in [1.165, 1.54) is 18.2 Å². The quantitative estimate of drug-likeness (QED) is 0.900. The van der Waals surface area contributed by atoms with Gasteiger partial charge in [-0.3, -0.25) is 4.79 Å². The van der Waals surface area contributed by atoms with Crippen molar-refractivity contribution in [1.82, 2.24) is 5.32 Å². The molecule has 0 fully saturated rings. The van der Waals surface area contributed by atoms with Crippen LogP contribution in [-0.4, -0.2) is 13.0 Å². The lowest BCUT2D eigenvalue weighted by molar-refractivity contribution is 0.102. The number of anilines is 1. The van der Waals surface area contributed by atoms with Crippen LogP contribution in [0.5, 0.6) is 0 Å². The Morgan fingerprint density at radius 2 is 1.95 bits per heavy atom. The molecule has 0 saturated carbocycles. The van der Waals surface area contributed by atoms with Gasteiger partial charge in [-0.2, -0.15) is 0 Å². The molecule has 2 rings (SSSR count). The van der Waals surface area contributed by atoms with Crippen molar-refractivity contribution < 1.29 is 9.18 Å². The Balaban J connectivity index is 2.19. The summed E-state index contributed by atoms with van der Waals surface area (Å²) in [6.07, 6.45) is 0. The summed E-state index contributed by atoms with van der Waals surface area (Å²) < 4.78 is 13.1. The minimum Gasteiger partial charge on any atom is -0.322 e. The Kier molecular flexibility index (Phi) is 4.70. The van der Waals surface area contributed by atoms with E-state index in [2.05, 4.69) is 10.6 Å². The minimum absolute atomic E-state index is 0.203. The van der Waals surface area contributed by atoms with E-state index in [0.29, 0.717) is 11.1 Å². The fraction of sp³-hybridized carbons (Fsp3) is 0.235. The van der Waals surface area contributed by atoms with Crippen LogP contribution in [0.2, 0.25) is 0 Å². The summed E-state index contributed by atoms with van der Waals surface area (Å²) in [5.41, 5.74) is 2.91. The molecule has 1 amide bonds. The first-order valence-electron chi connectivity index (χ1n) is 6.86. The van der Waals surface area contributed by atoms with Crippen LogP contribution < -0.4 is 10.6 Å². The van der Waals surface area contributed by atoms with Crippen molar-refractivity contribution in [2.45, 2.75) is 19.9 Å². The second kappa shape index (κ2) is 6.50. The van der Waals surface area contributed by atoms with Crippen molar-refractivity contribution >= 4 is 11.6 Å². The third-order valence-electron chi connectivity index (χ3n) is 3.51. The van der Waals surface area contributed by atoms with E-state index in [0.717, 1.165) is 11.3 Å². The summed E-state index contributed by atoms with van der Waals surface area (Å²) in [6, 6.07) is 12.0. The molecule has 1 unspecified atom stereocenters. The Hall–Kier alpha value is -2.20. The monoisotopic (exact) mass is 286 g/mol. The van der Waals surface area contributed by atoms with E-state index < -0.39 is 0 Å². The van der Waals surface area contributed by atoms with Crippen molar-refractivity contribution in [2.75, 3.05) is 12.4 Å². The lowest BCUT2D eigenvalue weighted by Gasteiger charge is -2.13. The summed E-state index contributed by atoms with van der Waals surface area (Å²) >= 11 is 0. The highest BCUT2D eigenvalue weighted by atomic mass is 19.1. The second-order valence-electron chi connectivity index (χ2n) is 5.05. The molecule has 1 atom stereocenters. The first-order chi connectivity index (χ1) is 10.0. The van der Waals surface area contributed by atoms with Crippen molar-refractivity contribution in [3.05, 3.63) is 65.0 Å². The smallest absolute Gasteiger partial charge is 0.255 e. The molecule has 2 aromatic carbocycles. The number of aryl methyl sites for hydroxylation is 1. The lowest BCUT2D eigenvalue weighted by atomic mass is 10.1. The van der Waals surface area contributed by atoms with Crippen LogP contribution >= 0.6 is 0 Å². The SMILES string of the molecule is CNC(C)c1cccc(NC(=O)c2ccc(F)cc2C)c1. The van der Waals surface area contributed by atoms with Crippen LogP contribution in [0.3, 0.4) is 0 Å². The zero-order chi connectivity index (χ0) is 15.4. The molecule has 0 aliphatic rings. The van der Waals surface area contributed by atoms with Gasteiger partial charge in [0.2, 0.25) is 0 Å². The maximum absolute atomic E-state index is 13.1. The molecular weight excluding hydrogens is 267 g/mol. The van der Waals surface area contributed by atoms with E-state index in [1.54, 1.807) is 6.92 Å². The molecule has 110 valence electrons. The van der Waals surface area contributed by atoms with Gasteiger partial charge in [-0.05, 0) is 62.4 Å². The molecule has 0 heterocycles. The predicted molar refractivity (Wildman–Crippen MR) is 83.0 cm³/mol. The lowest BCUT2D eigenvalue weighted by Crippen LogP contribution is -2.15. The van der Waals surface area contributed by atoms with E-state index in [9.17, 15) is 9.18 Å². The average molecular weight is 286 g/mol. The van der Waals surface area contributed by atoms with Crippen molar-refractivity contribution in [3.63, 3.8) is 0 Å². The van der Waals surface area contributed by atoms with Gasteiger partial charge in [-0.1, -0.05) is 12.1 Å². The first kappa shape index (κ1) is 15.2. The third kappa shape index (κ3) is 3.67. The van der Waals surface area contributed by atoms with Gasteiger partial charge in [0.1, 0.15) is 5.82 Å². The van der Waals surface area contributed by atoms with Gasteiger partial charge in [0.25, 0.3) is 5.91 Å². The van der Waals surface area contributed by atoms with Gasteiger partial charge in [0.05, 0.1) is 0 Å². The molecule has 2 N–H and O–H groups in total. The fourth-order valence-electron chi connectivity index (χ4n) is 2.13. The van der Waals surface area contributed by atoms with Crippen molar-refractivity contribution in [1.29, 1.82) is 0 Å². The maximum Gasteiger partial charge on any atom is 0.255 e. The fourth-order valence-corrected chi connectivity index (χ4v) is 2.13. The van der Waals surface area contributed by atoms with Crippen LogP contribution in [-0.2, 0) is 0 Å². The summed E-state index contributed by atoms with van der Waals surface area (Å²) in [6.45, 7) is 3.77. The maximum atomic E-state index is 13.1. The summed E-state index contributed by atoms with van der Waals surface area (Å²) in [4.78, 5) is 12.2. The number of carbonyl (C=O) groups is 1. The zero-order valence-corrected chi connectivity index (χ0v) is 12.4. The molecule has 0 spiro atoms. The average Bonchev–Trinajstić information content (AvgIpc) is 2.46. The Labute approximate surface area is 124 Å². The van der Waals surface area contributed by atoms with Gasteiger partial charge in [0.15, 0.2) is 0 Å². The first-order valence-corrected chi connectivity index (χ1v) is 6.86. The number of halogens is 1. The van der Waals surface area contributed by atoms with Gasteiger partial charge in [0, 0.05) is 17.3 Å². The molecule has 2 aromatic rings. The van der Waals surface area contributed by atoms with E-state index in [4.69, 9.17) is 0 Å². The molecule has 0 radical (unpaired) electrons. The summed E-state index contributed by atoms with van der Waals surface area (Å²) in [7, 11) is 1.89. The molecule has 0 aliphatic heterocycles. The van der Waals surface area contributed by atoms with Crippen LogP contribution in [0.25, 0.3) is 0 Å². The minimum atomic E-state index is -0.339. The second-order valence-corrected chi connectivity index (χ2v) is 5.05. The highest BCUT2D eigenvalue weighted by Gasteiger charge is 2.11. The van der Waals surface area contributed by atoms with Crippen molar-refractivity contribution in [2.24, 2.45) is 0 Å². The van der Waals surface area contributed by atoms with Crippen LogP contribution in [0, 0.1) is 12.7 Å². The number of rotatable bonds is 4. The third-order valence-corrected chi connectivity index (χ3v) is 3.51. The standard InChI is InChI=1S/C17H19FN2O/c1-11-9-14(18)7-8-16(11)17(21)20-15-6-4-5-13(10-15)12(2)19-3/h4-10,12,19H,1-3H3,(H,20,21). The number of hydrogen-bond donors (Lipinski definition) is 2. The van der Waals surface area contributed by atoms with E-state index in [-0.39, 0.29) is 17.8 Å². The molecule has 4 heteroatoms. The predicted octanol–water partition coefficient (Wildman–Crippen LogP) is 3.67. The van der Waals surface area contributed by atoms with Gasteiger partial charge in [-0.25, -0.2) is 4.39 Å². The van der Waals surface area contributed by atoms with Gasteiger partial charge < -0.3 is 10.6 Å². The molecule has 3 nitrogen and oxygen atoms in total. The Morgan fingerprint density at radius 1 is 1.19 bits per heavy atom. The number of hydrogen-bond acceptors (Lipinski definition) is 2. The number of amides is 1. The highest BCUT2D eigenvalue weighted by molar-refractivity contribution is 6.05. The highest BCUT2D eigenvalue weighted by Crippen LogP contribution is 2.18. The largest absolute Gasteiger partial charge is 0.322 e. The Bertz CT molecular complexity index is 655. The molecular formula is C17H19FN2O. The van der Waals surface area contributed by atoms with Gasteiger partial charge >= 0.3 is 0 Å². The molecule has 21 heavy (non-hydrogen) atoms. The summed E-state index contributed by atoms with van der Waals surface area (Å²) in [5.74, 6) is -0.573. The number of carbonyl (C=O) groups excluding carboxylic acids is 1. The van der Waals surface area contributed by atoms with E-state index >= 15 is 0 Å². The molecule has 0 bridgehead atoms. The van der Waals surface area contributed by atoms with Gasteiger partial charge in [-0.15, -0.1) is 0 Å². The molecule has 0 aromatic heterocycles. The topological polar surface area (TPSA) is 41.1 Å². The van der Waals surface area contributed by atoms with E-state index in [1.807, 2.05) is 38.2 Å². The molecule has 0 saturated heterocycles. The summed E-state index contributed by atoms with van der Waals surface area (Å²) in [5, 5.41) is 6.00. The van der Waals surface area contributed by atoms with Crippen molar-refractivity contribution in [3.8, 4) is 0 Å². The van der Waals surface area contributed by atoms with Crippen LogP contribution in [0.15, 0.2) is 42.5 Å². The normalized spacial score (nSPS) is 12.0. The number of nitrogens with one attached hydrogen (secondary N) is 2. The molecule has 0 aliphatic carbocycles. The Morgan fingerprint density at radius 3 is 2.62 bits per heavy atom. The zero-order valence-electron chi connectivity index (χ0n) is 12.4. The number of benzene rings is 2. The van der Waals surface area contributed by atoms with Crippen LogP contribution in [0.1, 0.15) is 34.5 Å².